The fourth-order valence-corrected chi connectivity index (χ4v) is 2.66. The van der Waals surface area contributed by atoms with Crippen LogP contribution in [-0.4, -0.2) is 4.98 Å². The number of rotatable bonds is 3. The fourth-order valence-electron chi connectivity index (χ4n) is 1.73. The molecular formula is C15H20N2OS. The molecule has 1 aromatic heterocycles. The number of aryl methyl sites for hydroxylation is 1. The van der Waals surface area contributed by atoms with Crippen LogP contribution in [0.5, 0.6) is 5.75 Å². The van der Waals surface area contributed by atoms with Crippen molar-refractivity contribution >= 4 is 17.0 Å². The zero-order valence-electron chi connectivity index (χ0n) is 11.9. The van der Waals surface area contributed by atoms with Gasteiger partial charge in [0, 0.05) is 10.8 Å². The zero-order valence-corrected chi connectivity index (χ0v) is 12.7. The van der Waals surface area contributed by atoms with Crippen molar-refractivity contribution in [2.45, 2.75) is 39.7 Å². The number of nitrogens with two attached hydrogens (primary N) is 1. The molecular weight excluding hydrogens is 256 g/mol. The van der Waals surface area contributed by atoms with E-state index in [0.29, 0.717) is 12.3 Å². The Hall–Kier alpha value is -1.55. The Kier molecular flexibility index (Phi) is 3.80. The van der Waals surface area contributed by atoms with E-state index in [1.165, 1.54) is 0 Å². The van der Waals surface area contributed by atoms with Crippen LogP contribution in [0, 0.1) is 6.92 Å². The maximum Gasteiger partial charge on any atom is 0.145 e. The number of hydrogen-bond acceptors (Lipinski definition) is 4. The van der Waals surface area contributed by atoms with Gasteiger partial charge in [0.2, 0.25) is 0 Å². The zero-order chi connectivity index (χ0) is 14.0. The molecule has 2 N–H and O–H groups in total. The van der Waals surface area contributed by atoms with E-state index >= 15 is 0 Å². The van der Waals surface area contributed by atoms with Crippen molar-refractivity contribution in [2.24, 2.45) is 0 Å². The average Bonchev–Trinajstić information content (AvgIpc) is 2.77. The molecule has 0 fully saturated rings. The molecule has 0 unspecified atom stereocenters. The second kappa shape index (κ2) is 5.21. The Morgan fingerprint density at radius 2 is 2.05 bits per heavy atom. The van der Waals surface area contributed by atoms with Gasteiger partial charge in [0.1, 0.15) is 17.4 Å². The SMILES string of the molecule is Cc1cccc(N)c1OCc1nc(C(C)(C)C)cs1. The molecule has 3 nitrogen and oxygen atoms in total. The van der Waals surface area contributed by atoms with E-state index in [0.717, 1.165) is 22.0 Å². The molecule has 0 saturated carbocycles. The lowest BCUT2D eigenvalue weighted by Crippen LogP contribution is -2.11. The van der Waals surface area contributed by atoms with Gasteiger partial charge in [-0.15, -0.1) is 11.3 Å². The molecule has 1 heterocycles. The van der Waals surface area contributed by atoms with E-state index in [9.17, 15) is 0 Å². The summed E-state index contributed by atoms with van der Waals surface area (Å²) in [6.07, 6.45) is 0. The number of benzene rings is 1. The predicted molar refractivity (Wildman–Crippen MR) is 80.7 cm³/mol. The molecule has 0 spiro atoms. The number of nitrogen functional groups attached to an aromatic ring is 1. The quantitative estimate of drug-likeness (QED) is 0.865. The smallest absolute Gasteiger partial charge is 0.145 e. The number of nitrogens with zero attached hydrogens (tertiary/aromatic N) is 1. The van der Waals surface area contributed by atoms with Gasteiger partial charge in [0.05, 0.1) is 11.4 Å². The van der Waals surface area contributed by atoms with Gasteiger partial charge in [-0.2, -0.15) is 0 Å². The summed E-state index contributed by atoms with van der Waals surface area (Å²) in [5, 5.41) is 3.08. The van der Waals surface area contributed by atoms with Crippen LogP contribution in [0.15, 0.2) is 23.6 Å². The second-order valence-corrected chi connectivity index (χ2v) is 6.60. The molecule has 2 aromatic rings. The molecule has 0 aliphatic heterocycles. The van der Waals surface area contributed by atoms with Gasteiger partial charge in [0.15, 0.2) is 0 Å². The molecule has 2 rings (SSSR count). The minimum atomic E-state index is 0.0798. The lowest BCUT2D eigenvalue weighted by Gasteiger charge is -2.14. The first kappa shape index (κ1) is 13.9. The van der Waals surface area contributed by atoms with Gasteiger partial charge in [-0.1, -0.05) is 32.9 Å². The maximum atomic E-state index is 5.92. The third-order valence-electron chi connectivity index (χ3n) is 2.90. The summed E-state index contributed by atoms with van der Waals surface area (Å²) in [4.78, 5) is 4.61. The summed E-state index contributed by atoms with van der Waals surface area (Å²) in [6, 6.07) is 5.78. The Morgan fingerprint density at radius 3 is 2.63 bits per heavy atom. The molecule has 0 saturated heterocycles. The van der Waals surface area contributed by atoms with Crippen molar-refractivity contribution in [3.05, 3.63) is 39.8 Å². The molecule has 0 bridgehead atoms. The van der Waals surface area contributed by atoms with Crippen molar-refractivity contribution in [1.82, 2.24) is 4.98 Å². The summed E-state index contributed by atoms with van der Waals surface area (Å²) in [5.74, 6) is 0.759. The van der Waals surface area contributed by atoms with Crippen molar-refractivity contribution in [3.8, 4) is 5.75 Å². The first-order chi connectivity index (χ1) is 8.88. The Bertz CT molecular complexity index is 550. The van der Waals surface area contributed by atoms with Crippen molar-refractivity contribution in [3.63, 3.8) is 0 Å². The molecule has 0 amide bonds. The van der Waals surface area contributed by atoms with Gasteiger partial charge in [-0.3, -0.25) is 0 Å². The standard InChI is InChI=1S/C15H20N2OS/c1-10-6-5-7-11(16)14(10)18-8-13-17-12(9-19-13)15(2,3)4/h5-7,9H,8,16H2,1-4H3. The summed E-state index contributed by atoms with van der Waals surface area (Å²) in [5.41, 5.74) is 8.83. The van der Waals surface area contributed by atoms with Crippen LogP contribution in [0.25, 0.3) is 0 Å². The van der Waals surface area contributed by atoms with Gasteiger partial charge >= 0.3 is 0 Å². The van der Waals surface area contributed by atoms with Crippen LogP contribution < -0.4 is 10.5 Å². The number of anilines is 1. The van der Waals surface area contributed by atoms with Gasteiger partial charge in [-0.05, 0) is 18.6 Å². The molecule has 0 atom stereocenters. The molecule has 19 heavy (non-hydrogen) atoms. The van der Waals surface area contributed by atoms with E-state index in [-0.39, 0.29) is 5.41 Å². The van der Waals surface area contributed by atoms with Crippen LogP contribution in [0.4, 0.5) is 5.69 Å². The van der Waals surface area contributed by atoms with Gasteiger partial charge < -0.3 is 10.5 Å². The monoisotopic (exact) mass is 276 g/mol. The normalized spacial score (nSPS) is 11.6. The summed E-state index contributed by atoms with van der Waals surface area (Å²) < 4.78 is 5.80. The maximum absolute atomic E-state index is 5.92. The molecule has 102 valence electrons. The third kappa shape index (κ3) is 3.26. The fraction of sp³-hybridized carbons (Fsp3) is 0.400. The topological polar surface area (TPSA) is 48.1 Å². The lowest BCUT2D eigenvalue weighted by molar-refractivity contribution is 0.304. The minimum Gasteiger partial charge on any atom is -0.484 e. The van der Waals surface area contributed by atoms with E-state index < -0.39 is 0 Å². The van der Waals surface area contributed by atoms with Gasteiger partial charge in [0.25, 0.3) is 0 Å². The van der Waals surface area contributed by atoms with Crippen LogP contribution >= 0.6 is 11.3 Å². The van der Waals surface area contributed by atoms with Crippen LogP contribution in [0.3, 0.4) is 0 Å². The first-order valence-electron chi connectivity index (χ1n) is 6.30. The van der Waals surface area contributed by atoms with E-state index in [4.69, 9.17) is 10.5 Å². The van der Waals surface area contributed by atoms with E-state index in [1.807, 2.05) is 25.1 Å². The highest BCUT2D eigenvalue weighted by atomic mass is 32.1. The van der Waals surface area contributed by atoms with Crippen molar-refractivity contribution < 1.29 is 4.74 Å². The van der Waals surface area contributed by atoms with Gasteiger partial charge in [-0.25, -0.2) is 4.98 Å². The molecule has 0 radical (unpaired) electrons. The summed E-state index contributed by atoms with van der Waals surface area (Å²) in [6.45, 7) is 8.94. The van der Waals surface area contributed by atoms with E-state index in [1.54, 1.807) is 11.3 Å². The third-order valence-corrected chi connectivity index (χ3v) is 3.72. The summed E-state index contributed by atoms with van der Waals surface area (Å²) in [7, 11) is 0. The number of ether oxygens (including phenoxy) is 1. The van der Waals surface area contributed by atoms with Crippen LogP contribution in [0.2, 0.25) is 0 Å². The average molecular weight is 276 g/mol. The number of aromatic nitrogens is 1. The van der Waals surface area contributed by atoms with Crippen LogP contribution in [0.1, 0.15) is 37.0 Å². The second-order valence-electron chi connectivity index (χ2n) is 5.66. The number of hydrogen-bond donors (Lipinski definition) is 1. The van der Waals surface area contributed by atoms with Crippen molar-refractivity contribution in [1.29, 1.82) is 0 Å². The van der Waals surface area contributed by atoms with E-state index in [2.05, 4.69) is 31.1 Å². The Labute approximate surface area is 118 Å². The highest BCUT2D eigenvalue weighted by molar-refractivity contribution is 7.09. The Morgan fingerprint density at radius 1 is 1.32 bits per heavy atom. The van der Waals surface area contributed by atoms with Crippen molar-refractivity contribution in [2.75, 3.05) is 5.73 Å². The number of thiazole rings is 1. The highest BCUT2D eigenvalue weighted by Gasteiger charge is 2.17. The number of para-hydroxylation sites is 1. The molecule has 4 heteroatoms. The molecule has 1 aromatic carbocycles. The minimum absolute atomic E-state index is 0.0798. The predicted octanol–water partition coefficient (Wildman–Crippen LogP) is 3.91. The highest BCUT2D eigenvalue weighted by Crippen LogP contribution is 2.28. The summed E-state index contributed by atoms with van der Waals surface area (Å²) >= 11 is 1.63. The first-order valence-corrected chi connectivity index (χ1v) is 7.18. The lowest BCUT2D eigenvalue weighted by atomic mass is 9.93. The molecule has 0 aliphatic carbocycles. The Balaban J connectivity index is 2.09. The largest absolute Gasteiger partial charge is 0.484 e. The van der Waals surface area contributed by atoms with Crippen LogP contribution in [-0.2, 0) is 12.0 Å². The molecule has 0 aliphatic rings.